The number of pyridine rings is 1. The maximum Gasteiger partial charge on any atom is 0.324 e. The van der Waals surface area contributed by atoms with Gasteiger partial charge in [0.05, 0.1) is 34.7 Å². The number of ether oxygens (including phenoxy) is 1. The molecule has 9 nitrogen and oxygen atoms in total. The Labute approximate surface area is 262 Å². The van der Waals surface area contributed by atoms with Crippen LogP contribution in [0.15, 0.2) is 41.9 Å². The zero-order valence-corrected chi connectivity index (χ0v) is 27.0. The molecule has 1 saturated heterocycles. The Kier molecular flexibility index (Phi) is 8.34. The summed E-state index contributed by atoms with van der Waals surface area (Å²) in [4.78, 5) is 36.2. The number of aryl methyl sites for hydroxylation is 1. The van der Waals surface area contributed by atoms with E-state index in [0.29, 0.717) is 32.2 Å². The summed E-state index contributed by atoms with van der Waals surface area (Å²) in [6.07, 6.45) is 4.18. The third-order valence-corrected chi connectivity index (χ3v) is 9.55. The summed E-state index contributed by atoms with van der Waals surface area (Å²) in [5, 5.41) is 5.50. The highest BCUT2D eigenvalue weighted by atomic mass is 32.1. The Balaban J connectivity index is 1.53. The van der Waals surface area contributed by atoms with Gasteiger partial charge >= 0.3 is 5.97 Å². The number of amides is 1. The van der Waals surface area contributed by atoms with Crippen molar-refractivity contribution in [3.05, 3.63) is 58.2 Å². The molecule has 3 aromatic heterocycles. The highest BCUT2D eigenvalue weighted by molar-refractivity contribution is 7.10. The fourth-order valence-corrected chi connectivity index (χ4v) is 7.36. The molecule has 4 aromatic rings. The molecule has 1 amide bonds. The third-order valence-electron chi connectivity index (χ3n) is 8.68. The van der Waals surface area contributed by atoms with Gasteiger partial charge in [-0.25, -0.2) is 10.4 Å². The van der Waals surface area contributed by atoms with E-state index in [1.807, 2.05) is 17.6 Å². The van der Waals surface area contributed by atoms with Gasteiger partial charge < -0.3 is 15.0 Å². The number of hydrazine groups is 1. The van der Waals surface area contributed by atoms with Crippen LogP contribution in [0.1, 0.15) is 69.6 Å². The van der Waals surface area contributed by atoms with Gasteiger partial charge in [0.2, 0.25) is 0 Å². The first kappa shape index (κ1) is 30.4. The standard InChI is InChI=1S/C34H42N6O3S/c1-6-39-28-12-11-21-15-23(28)24(31(39)22-9-7-13-36-30(22)20(2)3)17-34(4,5)19-43-33(42)26-10-8-14-40(38-26)32(41)25(35)16-29-37-27(21)18-44-29/h7,9,11-13,15,18,20,25-26,38H,6,8,10,14,16-17,19,35H2,1-5H3/t25-,26-/m0/s1. The SMILES string of the molecule is CCn1c(-c2cccnc2C(C)C)c2c3cc(ccc31)-c1csc(n1)C[C@H](N)C(=O)N1CCC[C@H](N1)C(=O)OCC(C)(C)C2. The molecule has 44 heavy (non-hydrogen) atoms. The second-order valence-electron chi connectivity index (χ2n) is 13.1. The van der Waals surface area contributed by atoms with Crippen LogP contribution in [-0.2, 0) is 33.7 Å². The lowest BCUT2D eigenvalue weighted by Gasteiger charge is -2.34. The van der Waals surface area contributed by atoms with Crippen molar-refractivity contribution in [3.8, 4) is 22.5 Å². The first-order chi connectivity index (χ1) is 21.1. The van der Waals surface area contributed by atoms with Gasteiger partial charge in [-0.15, -0.1) is 11.3 Å². The topological polar surface area (TPSA) is 115 Å². The maximum absolute atomic E-state index is 13.3. The number of rotatable bonds is 3. The molecule has 0 saturated carbocycles. The second kappa shape index (κ2) is 12.1. The van der Waals surface area contributed by atoms with Gasteiger partial charge in [0, 0.05) is 58.5 Å². The molecule has 0 spiro atoms. The summed E-state index contributed by atoms with van der Waals surface area (Å²) in [6, 6.07) is 9.38. The molecule has 1 fully saturated rings. The van der Waals surface area contributed by atoms with Gasteiger partial charge in [-0.2, -0.15) is 0 Å². The lowest BCUT2D eigenvalue weighted by Crippen LogP contribution is -2.59. The van der Waals surface area contributed by atoms with E-state index in [4.69, 9.17) is 20.4 Å². The van der Waals surface area contributed by atoms with Gasteiger partial charge in [-0.1, -0.05) is 33.8 Å². The van der Waals surface area contributed by atoms with Crippen LogP contribution in [0.5, 0.6) is 0 Å². The Bertz CT molecular complexity index is 1710. The van der Waals surface area contributed by atoms with Crippen LogP contribution in [0.2, 0.25) is 0 Å². The second-order valence-corrected chi connectivity index (χ2v) is 14.0. The lowest BCUT2D eigenvalue weighted by atomic mass is 9.84. The number of fused-ring (bicyclic) bond motifs is 6. The number of hydrogen-bond donors (Lipinski definition) is 2. The molecule has 2 aliphatic heterocycles. The van der Waals surface area contributed by atoms with Crippen molar-refractivity contribution < 1.29 is 14.3 Å². The molecular weight excluding hydrogens is 572 g/mol. The number of thiazole rings is 1. The minimum atomic E-state index is -0.765. The number of benzene rings is 1. The Morgan fingerprint density at radius 2 is 2.05 bits per heavy atom. The smallest absolute Gasteiger partial charge is 0.324 e. The summed E-state index contributed by atoms with van der Waals surface area (Å²) >= 11 is 1.52. The predicted octanol–water partition coefficient (Wildman–Crippen LogP) is 5.46. The fourth-order valence-electron chi connectivity index (χ4n) is 6.50. The van der Waals surface area contributed by atoms with Crippen LogP contribution in [0.3, 0.4) is 0 Å². The summed E-state index contributed by atoms with van der Waals surface area (Å²) in [5.74, 6) is -0.335. The average molecular weight is 615 g/mol. The predicted molar refractivity (Wildman–Crippen MR) is 174 cm³/mol. The average Bonchev–Trinajstić information content (AvgIpc) is 3.60. The van der Waals surface area contributed by atoms with E-state index in [-0.39, 0.29) is 29.8 Å². The summed E-state index contributed by atoms with van der Waals surface area (Å²) in [6.45, 7) is 12.4. The third kappa shape index (κ3) is 5.78. The van der Waals surface area contributed by atoms with E-state index in [1.165, 1.54) is 27.6 Å². The number of aromatic nitrogens is 3. The van der Waals surface area contributed by atoms with E-state index in [2.05, 4.69) is 68.9 Å². The number of nitrogens with zero attached hydrogens (tertiary/aromatic N) is 4. The fraction of sp³-hybridized carbons (Fsp3) is 0.471. The number of carbonyl (C=O) groups is 2. The molecule has 2 atom stereocenters. The number of hydrogen-bond acceptors (Lipinski definition) is 8. The molecule has 0 radical (unpaired) electrons. The number of esters is 1. The zero-order chi connectivity index (χ0) is 31.2. The van der Waals surface area contributed by atoms with Crippen LogP contribution in [0.4, 0.5) is 0 Å². The molecule has 1 aromatic carbocycles. The largest absolute Gasteiger partial charge is 0.464 e. The highest BCUT2D eigenvalue weighted by Gasteiger charge is 2.34. The van der Waals surface area contributed by atoms with E-state index >= 15 is 0 Å². The molecule has 3 N–H and O–H groups in total. The number of nitrogens with one attached hydrogen (secondary N) is 1. The van der Waals surface area contributed by atoms with Crippen LogP contribution in [0, 0.1) is 5.41 Å². The van der Waals surface area contributed by atoms with E-state index in [0.717, 1.165) is 45.0 Å². The first-order valence-electron chi connectivity index (χ1n) is 15.6. The van der Waals surface area contributed by atoms with Gasteiger partial charge in [0.25, 0.3) is 5.91 Å². The zero-order valence-electron chi connectivity index (χ0n) is 26.2. The molecule has 10 heteroatoms. The summed E-state index contributed by atoms with van der Waals surface area (Å²) in [5.41, 5.74) is 16.7. The molecule has 6 bridgehead atoms. The van der Waals surface area contributed by atoms with Crippen molar-refractivity contribution in [2.45, 2.75) is 84.8 Å². The van der Waals surface area contributed by atoms with Gasteiger partial charge in [0.1, 0.15) is 6.04 Å². The number of cyclic esters (lactones) is 1. The summed E-state index contributed by atoms with van der Waals surface area (Å²) < 4.78 is 8.35. The van der Waals surface area contributed by atoms with E-state index < -0.39 is 12.1 Å². The Morgan fingerprint density at radius 3 is 2.82 bits per heavy atom. The minimum Gasteiger partial charge on any atom is -0.464 e. The monoisotopic (exact) mass is 614 g/mol. The molecule has 5 heterocycles. The number of carbonyl (C=O) groups excluding carboxylic acids is 2. The lowest BCUT2D eigenvalue weighted by molar-refractivity contribution is -0.154. The Morgan fingerprint density at radius 1 is 1.23 bits per heavy atom. The van der Waals surface area contributed by atoms with Crippen molar-refractivity contribution in [2.75, 3.05) is 13.2 Å². The van der Waals surface area contributed by atoms with E-state index in [1.54, 1.807) is 0 Å². The highest BCUT2D eigenvalue weighted by Crippen LogP contribution is 2.41. The maximum atomic E-state index is 13.3. The van der Waals surface area contributed by atoms with Crippen LogP contribution in [0.25, 0.3) is 33.4 Å². The molecular formula is C34H42N6O3S. The quantitative estimate of drug-likeness (QED) is 0.295. The van der Waals surface area contributed by atoms with E-state index in [9.17, 15) is 9.59 Å². The molecule has 2 aliphatic rings. The first-order valence-corrected chi connectivity index (χ1v) is 16.5. The van der Waals surface area contributed by atoms with Crippen LogP contribution in [-0.4, -0.2) is 56.7 Å². The molecule has 232 valence electrons. The van der Waals surface area contributed by atoms with Crippen molar-refractivity contribution in [1.29, 1.82) is 0 Å². The Hall–Kier alpha value is -3.60. The van der Waals surface area contributed by atoms with Gasteiger partial charge in [-0.3, -0.25) is 19.6 Å². The summed E-state index contributed by atoms with van der Waals surface area (Å²) in [7, 11) is 0. The van der Waals surface area contributed by atoms with Crippen molar-refractivity contribution in [1.82, 2.24) is 25.0 Å². The number of nitrogens with two attached hydrogens (primary N) is 1. The van der Waals surface area contributed by atoms with Crippen molar-refractivity contribution in [2.24, 2.45) is 11.1 Å². The molecule has 0 unspecified atom stereocenters. The molecule has 6 rings (SSSR count). The van der Waals surface area contributed by atoms with Crippen LogP contribution >= 0.6 is 11.3 Å². The van der Waals surface area contributed by atoms with Gasteiger partial charge in [-0.05, 0) is 61.9 Å². The molecule has 0 aliphatic carbocycles. The minimum absolute atomic E-state index is 0.239. The van der Waals surface area contributed by atoms with Gasteiger partial charge in [0.15, 0.2) is 0 Å². The normalized spacial score (nSPS) is 21.0. The van der Waals surface area contributed by atoms with Crippen molar-refractivity contribution in [3.63, 3.8) is 0 Å². The van der Waals surface area contributed by atoms with Crippen molar-refractivity contribution >= 4 is 34.1 Å². The van der Waals surface area contributed by atoms with Crippen LogP contribution < -0.4 is 11.2 Å².